The normalized spacial score (nSPS) is 29.7. The molecule has 3 aliphatic rings. The Morgan fingerprint density at radius 2 is 1.88 bits per heavy atom. The molecule has 2 unspecified atom stereocenters. The lowest BCUT2D eigenvalue weighted by molar-refractivity contribution is -0.147. The van der Waals surface area contributed by atoms with Crippen LogP contribution in [0.25, 0.3) is 0 Å². The minimum atomic E-state index is -0.856. The zero-order chi connectivity index (χ0) is 30.1. The first-order chi connectivity index (χ1) is 19.6. The quantitative estimate of drug-likeness (QED) is 0.316. The average Bonchev–Trinajstić information content (AvgIpc) is 3.52. The molecule has 7 atom stereocenters. The Morgan fingerprint density at radius 1 is 1.20 bits per heavy atom. The highest BCUT2D eigenvalue weighted by atomic mass is 35.5. The minimum absolute atomic E-state index is 0.0483. The van der Waals surface area contributed by atoms with Gasteiger partial charge in [0.15, 0.2) is 0 Å². The van der Waals surface area contributed by atoms with Crippen LogP contribution >= 0.6 is 23.4 Å². The maximum absolute atomic E-state index is 14.8. The summed E-state index contributed by atoms with van der Waals surface area (Å²) in [7, 11) is 0. The topological polar surface area (TPSA) is 81.2 Å². The van der Waals surface area contributed by atoms with Crippen molar-refractivity contribution in [3.05, 3.63) is 54.6 Å². The third kappa shape index (κ3) is 5.14. The molecular weight excluding hydrogens is 558 g/mol. The van der Waals surface area contributed by atoms with E-state index in [1.165, 1.54) is 0 Å². The summed E-state index contributed by atoms with van der Waals surface area (Å²) in [5.41, 5.74) is 0.548. The molecule has 224 valence electrons. The van der Waals surface area contributed by atoms with Crippen LogP contribution in [-0.2, 0) is 14.4 Å². The number of nitrogens with zero attached hydrogens (tertiary/aromatic N) is 3. The number of para-hydroxylation sites is 1. The van der Waals surface area contributed by atoms with Crippen molar-refractivity contribution in [3.63, 3.8) is 0 Å². The lowest BCUT2D eigenvalue weighted by atomic mass is 9.66. The van der Waals surface area contributed by atoms with Crippen LogP contribution in [0.3, 0.4) is 0 Å². The van der Waals surface area contributed by atoms with Crippen LogP contribution in [0.5, 0.6) is 0 Å². The number of halogens is 1. The molecule has 2 bridgehead atoms. The van der Waals surface area contributed by atoms with Crippen molar-refractivity contribution in [2.75, 3.05) is 31.1 Å². The number of fused-ring (bicyclic) bond motifs is 1. The molecule has 3 aliphatic heterocycles. The summed E-state index contributed by atoms with van der Waals surface area (Å²) in [6.45, 7) is 16.8. The molecule has 1 N–H and O–H groups in total. The lowest BCUT2D eigenvalue weighted by Gasteiger charge is -2.41. The molecule has 9 heteroatoms. The fraction of sp³-hybridized carbons (Fsp3) is 0.594. The van der Waals surface area contributed by atoms with Gasteiger partial charge in [-0.25, -0.2) is 0 Å². The monoisotopic (exact) mass is 601 g/mol. The molecule has 0 radical (unpaired) electrons. The molecule has 1 aromatic carbocycles. The van der Waals surface area contributed by atoms with Gasteiger partial charge in [-0.3, -0.25) is 14.4 Å². The van der Waals surface area contributed by atoms with Gasteiger partial charge in [-0.15, -0.1) is 24.9 Å². The number of thioether (sulfide) groups is 1. The van der Waals surface area contributed by atoms with Crippen LogP contribution in [0.2, 0.25) is 5.02 Å². The number of amides is 3. The number of rotatable bonds is 13. The summed E-state index contributed by atoms with van der Waals surface area (Å²) in [5, 5.41) is 11.1. The summed E-state index contributed by atoms with van der Waals surface area (Å²) < 4.78 is -1.27. The third-order valence-corrected chi connectivity index (χ3v) is 11.7. The first-order valence-electron chi connectivity index (χ1n) is 14.8. The SMILES string of the molecule is C=CCN(CCC)C(=O)[C@@H]1[C@H]2C(=O)N([C@@H](CO)[C@@H](C)CC)C(C(=O)N(CC=C)c3ccccc3Cl)C23CC[C@@]1(C)S3. The van der Waals surface area contributed by atoms with Crippen LogP contribution in [0.4, 0.5) is 5.69 Å². The highest BCUT2D eigenvalue weighted by Gasteiger charge is 2.78. The summed E-state index contributed by atoms with van der Waals surface area (Å²) in [6.07, 6.45) is 6.26. The van der Waals surface area contributed by atoms with E-state index in [0.717, 1.165) is 19.3 Å². The number of hydrogen-bond acceptors (Lipinski definition) is 5. The van der Waals surface area contributed by atoms with Gasteiger partial charge in [0, 0.05) is 24.4 Å². The van der Waals surface area contributed by atoms with Gasteiger partial charge in [0.1, 0.15) is 6.04 Å². The van der Waals surface area contributed by atoms with E-state index in [0.29, 0.717) is 30.2 Å². The average molecular weight is 602 g/mol. The van der Waals surface area contributed by atoms with Crippen molar-refractivity contribution in [3.8, 4) is 0 Å². The Hall–Kier alpha value is -2.29. The van der Waals surface area contributed by atoms with Gasteiger partial charge >= 0.3 is 0 Å². The minimum Gasteiger partial charge on any atom is -0.394 e. The van der Waals surface area contributed by atoms with Gasteiger partial charge in [0.2, 0.25) is 11.8 Å². The van der Waals surface area contributed by atoms with E-state index < -0.39 is 33.4 Å². The maximum Gasteiger partial charge on any atom is 0.251 e. The Bertz CT molecular complexity index is 1200. The second kappa shape index (κ2) is 12.5. The van der Waals surface area contributed by atoms with Crippen molar-refractivity contribution >= 4 is 46.8 Å². The number of benzene rings is 1. The van der Waals surface area contributed by atoms with E-state index in [1.807, 2.05) is 32.9 Å². The highest BCUT2D eigenvalue weighted by Crippen LogP contribution is 2.72. The summed E-state index contributed by atoms with van der Waals surface area (Å²) >= 11 is 8.23. The van der Waals surface area contributed by atoms with Gasteiger partial charge in [0.25, 0.3) is 5.91 Å². The van der Waals surface area contributed by atoms with E-state index >= 15 is 0 Å². The third-order valence-electron chi connectivity index (χ3n) is 9.44. The standard InChI is InChI=1S/C32H44ClN3O4S/c1-7-17-34(18-8-2)28(38)25-26-29(39)36(24(20-37)21(5)10-4)27(32(26)16-15-31(25,6)41-32)30(40)35(19-9-3)23-14-12-11-13-22(23)33/h7,9,11-14,21,24-27,37H,1,3,8,10,15-20H2,2,4-6H3/t21-,24-,25-,26-,27?,31+,32?/m0/s1. The van der Waals surface area contributed by atoms with Crippen LogP contribution in [0.1, 0.15) is 53.4 Å². The Morgan fingerprint density at radius 3 is 2.46 bits per heavy atom. The van der Waals surface area contributed by atoms with E-state index in [2.05, 4.69) is 20.1 Å². The lowest BCUT2D eigenvalue weighted by Crippen LogP contribution is -2.58. The zero-order valence-corrected chi connectivity index (χ0v) is 26.3. The summed E-state index contributed by atoms with van der Waals surface area (Å²) in [5.74, 6) is -1.78. The number of likely N-dealkylation sites (tertiary alicyclic amines) is 1. The number of anilines is 1. The summed E-state index contributed by atoms with van der Waals surface area (Å²) in [6, 6.07) is 5.76. The number of carbonyl (C=O) groups excluding carboxylic acids is 3. The van der Waals surface area contributed by atoms with Crippen molar-refractivity contribution in [1.82, 2.24) is 9.80 Å². The van der Waals surface area contributed by atoms with E-state index in [4.69, 9.17) is 11.6 Å². The fourth-order valence-corrected chi connectivity index (χ4v) is 9.93. The molecule has 3 saturated heterocycles. The Labute approximate surface area is 254 Å². The Kier molecular flexibility index (Phi) is 9.66. The predicted octanol–water partition coefficient (Wildman–Crippen LogP) is 5.17. The molecule has 4 rings (SSSR count). The van der Waals surface area contributed by atoms with E-state index in [-0.39, 0.29) is 36.8 Å². The number of aliphatic hydroxyl groups excluding tert-OH is 1. The van der Waals surface area contributed by atoms with Gasteiger partial charge in [-0.05, 0) is 44.2 Å². The van der Waals surface area contributed by atoms with Crippen molar-refractivity contribution in [1.29, 1.82) is 0 Å². The van der Waals surface area contributed by atoms with Gasteiger partial charge < -0.3 is 19.8 Å². The van der Waals surface area contributed by atoms with Crippen LogP contribution < -0.4 is 4.90 Å². The molecule has 1 spiro atoms. The molecular formula is C32H44ClN3O4S. The first kappa shape index (κ1) is 31.6. The molecule has 41 heavy (non-hydrogen) atoms. The molecule has 0 aliphatic carbocycles. The van der Waals surface area contributed by atoms with Crippen LogP contribution in [-0.4, -0.2) is 80.4 Å². The van der Waals surface area contributed by atoms with Gasteiger partial charge in [-0.1, -0.05) is 63.1 Å². The molecule has 0 saturated carbocycles. The summed E-state index contributed by atoms with van der Waals surface area (Å²) in [4.78, 5) is 48.8. The second-order valence-corrected chi connectivity index (χ2v) is 14.2. The number of hydrogen-bond donors (Lipinski definition) is 1. The Balaban J connectivity index is 1.88. The van der Waals surface area contributed by atoms with Gasteiger partial charge in [0.05, 0.1) is 39.9 Å². The fourth-order valence-electron chi connectivity index (χ4n) is 7.36. The number of carbonyl (C=O) groups is 3. The molecule has 3 amide bonds. The molecule has 3 heterocycles. The molecule has 3 fully saturated rings. The maximum atomic E-state index is 14.8. The van der Waals surface area contributed by atoms with Crippen molar-refractivity contribution < 1.29 is 19.5 Å². The first-order valence-corrected chi connectivity index (χ1v) is 16.0. The van der Waals surface area contributed by atoms with Gasteiger partial charge in [-0.2, -0.15) is 0 Å². The number of aliphatic hydroxyl groups is 1. The van der Waals surface area contributed by atoms with Crippen LogP contribution in [0.15, 0.2) is 49.6 Å². The zero-order valence-electron chi connectivity index (χ0n) is 24.7. The van der Waals surface area contributed by atoms with Crippen molar-refractivity contribution in [2.24, 2.45) is 17.8 Å². The smallest absolute Gasteiger partial charge is 0.251 e. The largest absolute Gasteiger partial charge is 0.394 e. The van der Waals surface area contributed by atoms with Crippen LogP contribution in [0, 0.1) is 17.8 Å². The predicted molar refractivity (Wildman–Crippen MR) is 167 cm³/mol. The second-order valence-electron chi connectivity index (χ2n) is 11.9. The molecule has 1 aromatic rings. The molecule has 0 aromatic heterocycles. The van der Waals surface area contributed by atoms with E-state index in [1.54, 1.807) is 50.7 Å². The van der Waals surface area contributed by atoms with Crippen molar-refractivity contribution in [2.45, 2.75) is 75.0 Å². The molecule has 7 nitrogen and oxygen atoms in total. The highest BCUT2D eigenvalue weighted by molar-refractivity contribution is 8.02. The van der Waals surface area contributed by atoms with E-state index in [9.17, 15) is 19.5 Å².